The zero-order valence-corrected chi connectivity index (χ0v) is 25.1. The van der Waals surface area contributed by atoms with Gasteiger partial charge in [0.25, 0.3) is 5.91 Å². The number of aliphatic imine (C=N–C) groups is 1. The van der Waals surface area contributed by atoms with Crippen LogP contribution in [-0.4, -0.2) is 65.3 Å². The van der Waals surface area contributed by atoms with E-state index in [9.17, 15) is 9.59 Å². The highest BCUT2D eigenvalue weighted by atomic mass is 35.5. The lowest BCUT2D eigenvalue weighted by atomic mass is 9.83. The molecule has 2 aromatic carbocycles. The number of amides is 1. The molecule has 2 aromatic rings. The summed E-state index contributed by atoms with van der Waals surface area (Å²) in [5.74, 6) is 0.0301. The van der Waals surface area contributed by atoms with Gasteiger partial charge in [0.15, 0.2) is 11.6 Å². The largest absolute Gasteiger partial charge is 0.494 e. The second kappa shape index (κ2) is 13.4. The van der Waals surface area contributed by atoms with Crippen molar-refractivity contribution < 1.29 is 28.9 Å². The summed E-state index contributed by atoms with van der Waals surface area (Å²) < 4.78 is 17.7. The number of carbonyl (C=O) groups excluding carboxylic acids is 2. The Hall–Kier alpha value is -2.85. The number of ether oxygens (including phenoxy) is 3. The van der Waals surface area contributed by atoms with Gasteiger partial charge in [-0.15, -0.1) is 0 Å². The van der Waals surface area contributed by atoms with Crippen LogP contribution in [-0.2, 0) is 19.1 Å². The van der Waals surface area contributed by atoms with Gasteiger partial charge in [-0.3, -0.25) is 15.0 Å². The van der Waals surface area contributed by atoms with Crippen molar-refractivity contribution >= 4 is 41.0 Å². The summed E-state index contributed by atoms with van der Waals surface area (Å²) in [6, 6.07) is 12.1. The summed E-state index contributed by atoms with van der Waals surface area (Å²) in [7, 11) is 0. The highest BCUT2D eigenvalue weighted by molar-refractivity contribution is 6.35. The number of hydrazine groups is 1. The molecule has 2 heterocycles. The fourth-order valence-electron chi connectivity index (χ4n) is 4.82. The molecule has 2 aliphatic rings. The van der Waals surface area contributed by atoms with Gasteiger partial charge in [-0.2, -0.15) is 0 Å². The highest BCUT2D eigenvalue weighted by Gasteiger charge is 2.54. The van der Waals surface area contributed by atoms with E-state index in [2.05, 4.69) is 5.43 Å². The predicted molar refractivity (Wildman–Crippen MR) is 157 cm³/mol. The summed E-state index contributed by atoms with van der Waals surface area (Å²) in [5.41, 5.74) is 1.97. The first-order valence-electron chi connectivity index (χ1n) is 13.8. The van der Waals surface area contributed by atoms with Crippen LogP contribution in [0, 0.1) is 0 Å². The van der Waals surface area contributed by atoms with Gasteiger partial charge in [0.1, 0.15) is 11.4 Å². The molecule has 11 heteroatoms. The van der Waals surface area contributed by atoms with Gasteiger partial charge in [0.05, 0.1) is 6.61 Å². The maximum Gasteiger partial charge on any atom is 0.306 e. The molecule has 0 saturated carbocycles. The normalized spacial score (nSPS) is 20.8. The fourth-order valence-corrected chi connectivity index (χ4v) is 5.32. The van der Waals surface area contributed by atoms with Crippen LogP contribution in [0.5, 0.6) is 5.75 Å². The maximum absolute atomic E-state index is 14.2. The minimum Gasteiger partial charge on any atom is -0.494 e. The van der Waals surface area contributed by atoms with Crippen LogP contribution in [0.25, 0.3) is 0 Å². The van der Waals surface area contributed by atoms with E-state index in [1.165, 1.54) is 0 Å². The average molecular weight is 607 g/mol. The van der Waals surface area contributed by atoms with Gasteiger partial charge in [-0.25, -0.2) is 10.0 Å². The molecule has 2 N–H and O–H groups in total. The molecule has 41 heavy (non-hydrogen) atoms. The van der Waals surface area contributed by atoms with Gasteiger partial charge in [0.2, 0.25) is 5.90 Å². The molecule has 222 valence electrons. The van der Waals surface area contributed by atoms with Gasteiger partial charge in [-0.05, 0) is 76.4 Å². The Kier molecular flexibility index (Phi) is 10.2. The van der Waals surface area contributed by atoms with Gasteiger partial charge < -0.3 is 19.3 Å². The molecule has 4 rings (SSSR count). The van der Waals surface area contributed by atoms with Crippen molar-refractivity contribution in [1.29, 1.82) is 0 Å². The molecule has 1 fully saturated rings. The number of rotatable bonds is 11. The molecule has 9 nitrogen and oxygen atoms in total. The summed E-state index contributed by atoms with van der Waals surface area (Å²) in [5, 5.41) is 11.6. The average Bonchev–Trinajstić information content (AvgIpc) is 3.56. The third-order valence-electron chi connectivity index (χ3n) is 6.77. The third kappa shape index (κ3) is 7.92. The van der Waals surface area contributed by atoms with Gasteiger partial charge in [0, 0.05) is 53.7 Å². The van der Waals surface area contributed by atoms with Crippen LogP contribution < -0.4 is 10.2 Å². The molecular formula is C30H37Cl2N3O6. The van der Waals surface area contributed by atoms with E-state index < -0.39 is 29.1 Å². The third-order valence-corrected chi connectivity index (χ3v) is 7.33. The predicted octanol–water partition coefficient (Wildman–Crippen LogP) is 5.26. The van der Waals surface area contributed by atoms with Crippen LogP contribution in [0.4, 0.5) is 0 Å². The second-order valence-corrected chi connectivity index (χ2v) is 12.0. The molecule has 0 aliphatic carbocycles. The second-order valence-electron chi connectivity index (χ2n) is 11.2. The smallest absolute Gasteiger partial charge is 0.306 e. The molecule has 2 aliphatic heterocycles. The Morgan fingerprint density at radius 3 is 2.49 bits per heavy atom. The molecule has 0 aromatic heterocycles. The van der Waals surface area contributed by atoms with E-state index in [0.29, 0.717) is 39.9 Å². The van der Waals surface area contributed by atoms with E-state index in [1.807, 2.05) is 5.01 Å². The number of carbonyl (C=O) groups is 2. The SMILES string of the molecule is CC(C)(C)OC(=O)CC[C@]1(C(=O)NN2CCCC2)N=C(c2ccc(OCCCO)cc2)O[C@H]1c1ccc(Cl)cc1Cl. The van der Waals surface area contributed by atoms with Crippen molar-refractivity contribution in [2.24, 2.45) is 4.99 Å². The van der Waals surface area contributed by atoms with Crippen molar-refractivity contribution in [2.75, 3.05) is 26.3 Å². The molecule has 0 spiro atoms. The molecule has 0 unspecified atom stereocenters. The van der Waals surface area contributed by atoms with Crippen LogP contribution in [0.3, 0.4) is 0 Å². The minimum absolute atomic E-state index is 0.0249. The lowest BCUT2D eigenvalue weighted by molar-refractivity contribution is -0.155. The lowest BCUT2D eigenvalue weighted by Crippen LogP contribution is -2.53. The van der Waals surface area contributed by atoms with Crippen molar-refractivity contribution in [2.45, 2.75) is 70.1 Å². The number of nitrogens with one attached hydrogen (secondary N) is 1. The first-order valence-corrected chi connectivity index (χ1v) is 14.6. The van der Waals surface area contributed by atoms with E-state index >= 15 is 0 Å². The Balaban J connectivity index is 1.73. The Morgan fingerprint density at radius 2 is 1.85 bits per heavy atom. The van der Waals surface area contributed by atoms with E-state index in [1.54, 1.807) is 63.2 Å². The van der Waals surface area contributed by atoms with Crippen LogP contribution >= 0.6 is 23.2 Å². The zero-order valence-electron chi connectivity index (χ0n) is 23.6. The molecule has 1 saturated heterocycles. The minimum atomic E-state index is -1.53. The Bertz CT molecular complexity index is 1260. The number of benzene rings is 2. The fraction of sp³-hybridized carbons (Fsp3) is 0.500. The van der Waals surface area contributed by atoms with Crippen molar-refractivity contribution in [3.63, 3.8) is 0 Å². The van der Waals surface area contributed by atoms with E-state index in [-0.39, 0.29) is 25.3 Å². The van der Waals surface area contributed by atoms with Gasteiger partial charge in [-0.1, -0.05) is 29.3 Å². The molecule has 0 bridgehead atoms. The van der Waals surface area contributed by atoms with Crippen molar-refractivity contribution in [3.8, 4) is 5.75 Å². The maximum atomic E-state index is 14.2. The standard InChI is InChI=1S/C30H37Cl2N3O6/c1-29(2,3)41-25(37)13-14-30(28(38)34-35-15-4-5-16-35)26(23-12-9-21(31)19-24(23)32)40-27(33-30)20-7-10-22(11-8-20)39-18-6-17-36/h7-12,19,26,36H,4-6,13-18H2,1-3H3,(H,34,38)/t26-,30-/m0/s1. The Labute approximate surface area is 250 Å². The van der Waals surface area contributed by atoms with Gasteiger partial charge >= 0.3 is 5.97 Å². The zero-order chi connectivity index (χ0) is 29.6. The summed E-state index contributed by atoms with van der Waals surface area (Å²) in [4.78, 5) is 31.9. The molecule has 0 radical (unpaired) electrons. The number of nitrogens with zero attached hydrogens (tertiary/aromatic N) is 2. The van der Waals surface area contributed by atoms with Crippen LogP contribution in [0.15, 0.2) is 47.5 Å². The topological polar surface area (TPSA) is 110 Å². The first kappa shape index (κ1) is 31.1. The number of hydrogen-bond acceptors (Lipinski definition) is 8. The molecular weight excluding hydrogens is 569 g/mol. The first-order chi connectivity index (χ1) is 19.5. The highest BCUT2D eigenvalue weighted by Crippen LogP contribution is 2.46. The number of halogens is 2. The van der Waals surface area contributed by atoms with Crippen molar-refractivity contribution in [3.05, 3.63) is 63.6 Å². The molecule has 1 amide bonds. The quantitative estimate of drug-likeness (QED) is 0.265. The van der Waals surface area contributed by atoms with Crippen molar-refractivity contribution in [1.82, 2.24) is 10.4 Å². The summed E-state index contributed by atoms with van der Waals surface area (Å²) in [6.07, 6.45) is 1.48. The summed E-state index contributed by atoms with van der Waals surface area (Å²) in [6.45, 7) is 7.25. The molecule has 2 atom stereocenters. The number of hydrogen-bond donors (Lipinski definition) is 2. The lowest BCUT2D eigenvalue weighted by Gasteiger charge is -2.32. The van der Waals surface area contributed by atoms with Crippen LogP contribution in [0.2, 0.25) is 10.0 Å². The Morgan fingerprint density at radius 1 is 1.15 bits per heavy atom. The monoisotopic (exact) mass is 605 g/mol. The van der Waals surface area contributed by atoms with Crippen LogP contribution in [0.1, 0.15) is 70.1 Å². The van der Waals surface area contributed by atoms with E-state index in [4.69, 9.17) is 47.5 Å². The number of esters is 1. The number of aliphatic hydroxyl groups is 1. The summed E-state index contributed by atoms with van der Waals surface area (Å²) >= 11 is 12.8. The number of aliphatic hydroxyl groups excluding tert-OH is 1. The van der Waals surface area contributed by atoms with E-state index in [0.717, 1.165) is 25.9 Å².